The van der Waals surface area contributed by atoms with E-state index >= 15 is 0 Å². The van der Waals surface area contributed by atoms with Crippen LogP contribution in [0, 0.1) is 5.92 Å². The van der Waals surface area contributed by atoms with Crippen LogP contribution in [0.15, 0.2) is 6.99 Å². The Morgan fingerprint density at radius 1 is 0.750 bits per heavy atom. The van der Waals surface area contributed by atoms with E-state index in [1.54, 1.807) is 0 Å². The molecule has 0 spiro atoms. The van der Waals surface area contributed by atoms with Gasteiger partial charge < -0.3 is 16.6 Å². The van der Waals surface area contributed by atoms with Crippen LogP contribution < -0.4 is 0 Å². The van der Waals surface area contributed by atoms with E-state index in [0.29, 0.717) is 12.1 Å². The van der Waals surface area contributed by atoms with Gasteiger partial charge in [0.05, 0.1) is 0 Å². The Hall–Kier alpha value is 0.208. The molecule has 0 atom stereocenters. The minimum Gasteiger partial charge on any atom is -0.676 e. The normalized spacial score (nSPS) is 11.8. The molecule has 0 aromatic heterocycles. The van der Waals surface area contributed by atoms with Crippen molar-refractivity contribution in [3.05, 3.63) is 16.6 Å². The third kappa shape index (κ3) is 28.4. The van der Waals surface area contributed by atoms with Gasteiger partial charge >= 0.3 is 90.7 Å². The molecule has 0 heterocycles. The maximum atomic E-state index is 4.67. The van der Waals surface area contributed by atoms with Crippen molar-refractivity contribution >= 4 is 0 Å². The molecule has 0 amide bonds. The van der Waals surface area contributed by atoms with Gasteiger partial charge in [-0.15, -0.1) is 12.1 Å². The van der Waals surface area contributed by atoms with Gasteiger partial charge in [0.2, 0.25) is 0 Å². The molecule has 0 N–H and O–H groups in total. The summed E-state index contributed by atoms with van der Waals surface area (Å²) in [4.78, 5) is 0. The molecule has 0 aliphatic carbocycles. The van der Waals surface area contributed by atoms with Crippen LogP contribution in [0.4, 0.5) is 0 Å². The predicted octanol–water partition coefficient (Wildman–Crippen LogP) is 8.72. The zero-order valence-corrected chi connectivity index (χ0v) is 23.6. The van der Waals surface area contributed by atoms with E-state index in [9.17, 15) is 0 Å². The van der Waals surface area contributed by atoms with E-state index in [1.807, 2.05) is 0 Å². The molecule has 5 heteroatoms. The third-order valence-electron chi connectivity index (χ3n) is 3.61. The summed E-state index contributed by atoms with van der Waals surface area (Å²) in [5, 5.41) is 8.94. The molecule has 0 aliphatic rings. The Labute approximate surface area is 187 Å². The summed E-state index contributed by atoms with van der Waals surface area (Å²) < 4.78 is 9.34. The van der Waals surface area contributed by atoms with Gasteiger partial charge in [0.25, 0.3) is 0 Å². The first-order chi connectivity index (χ1) is 12.6. The van der Waals surface area contributed by atoms with Crippen molar-refractivity contribution in [2.45, 2.75) is 146 Å². The molecule has 0 rings (SSSR count). The minimum absolute atomic E-state index is 0.148. The Kier molecular flexibility index (Phi) is 21.1. The van der Waals surface area contributed by atoms with Crippen LogP contribution in [0.5, 0.6) is 0 Å². The van der Waals surface area contributed by atoms with E-state index in [0.717, 1.165) is 19.3 Å². The van der Waals surface area contributed by atoms with Crippen molar-refractivity contribution in [2.75, 3.05) is 0 Å². The molecule has 0 unspecified atom stereocenters. The standard InChI is InChI=1S/C9H20N2.2C5H11N.C4H9.Mo/c1-6-9(10-7(2)3)11-8(4)5;2*1-4-5(2,3)6;1-4(2)3;/h7-9H,6H2,1-5H3;2*4H2,1-3H3;1-3H3;/q-2;;;-1;. The second kappa shape index (κ2) is 18.0. The van der Waals surface area contributed by atoms with Gasteiger partial charge in [-0.1, -0.05) is 41.0 Å². The van der Waals surface area contributed by atoms with E-state index in [-0.39, 0.29) is 17.2 Å². The van der Waals surface area contributed by atoms with Crippen molar-refractivity contribution in [3.63, 3.8) is 0 Å². The summed E-state index contributed by atoms with van der Waals surface area (Å²) >= 11 is -0.492. The van der Waals surface area contributed by atoms with Gasteiger partial charge in [-0.2, -0.15) is 20.8 Å². The van der Waals surface area contributed by atoms with E-state index < -0.39 is 18.2 Å². The fourth-order valence-corrected chi connectivity index (χ4v) is 3.13. The predicted molar refractivity (Wildman–Crippen MR) is 125 cm³/mol. The molecule has 0 fully saturated rings. The van der Waals surface area contributed by atoms with Crippen LogP contribution >= 0.6 is 0 Å². The first-order valence-electron chi connectivity index (χ1n) is 10.9. The number of hydrogen-bond donors (Lipinski definition) is 0. The summed E-state index contributed by atoms with van der Waals surface area (Å²) in [7, 11) is 0. The number of hydrogen-bond acceptors (Lipinski definition) is 2. The molecule has 4 nitrogen and oxygen atoms in total. The van der Waals surface area contributed by atoms with E-state index in [4.69, 9.17) is 0 Å². The van der Waals surface area contributed by atoms with Crippen LogP contribution in [0.25, 0.3) is 10.6 Å². The summed E-state index contributed by atoms with van der Waals surface area (Å²) in [6, 6.07) is 0.810. The van der Waals surface area contributed by atoms with Gasteiger partial charge in [0.1, 0.15) is 0 Å². The third-order valence-corrected chi connectivity index (χ3v) is 6.44. The molecule has 0 bridgehead atoms. The van der Waals surface area contributed by atoms with Gasteiger partial charge in [0.15, 0.2) is 0 Å². The average molecular weight is 480 g/mol. The van der Waals surface area contributed by atoms with Crippen LogP contribution in [0.2, 0.25) is 0 Å². The fraction of sp³-hybridized carbons (Fsp3) is 0.957. The zero-order chi connectivity index (χ0) is 23.0. The average Bonchev–Trinajstić information content (AvgIpc) is 2.53. The quantitative estimate of drug-likeness (QED) is 0.234. The molecular formula is C23H51MoN4-3. The molecule has 0 saturated carbocycles. The molecule has 0 radical (unpaired) electrons. The topological polar surface area (TPSA) is 52.9 Å². The summed E-state index contributed by atoms with van der Waals surface area (Å²) in [5.41, 5.74) is 0.297. The second-order valence-electron chi connectivity index (χ2n) is 9.47. The summed E-state index contributed by atoms with van der Waals surface area (Å²) in [6.07, 6.45) is 3.46. The van der Waals surface area contributed by atoms with Crippen LogP contribution in [-0.2, 0) is 18.2 Å². The molecule has 28 heavy (non-hydrogen) atoms. The Bertz CT molecular complexity index is 376. The van der Waals surface area contributed by atoms with Crippen molar-refractivity contribution in [1.29, 1.82) is 0 Å². The second-order valence-corrected chi connectivity index (χ2v) is 10.8. The van der Waals surface area contributed by atoms with E-state index in [1.165, 1.54) is 5.92 Å². The van der Waals surface area contributed by atoms with E-state index in [2.05, 4.69) is 115 Å². The van der Waals surface area contributed by atoms with Crippen LogP contribution in [0.3, 0.4) is 0 Å². The maximum absolute atomic E-state index is 4.67. The Morgan fingerprint density at radius 3 is 1.21 bits per heavy atom. The smallest absolute Gasteiger partial charge is 0.0684 e. The number of rotatable bonds is 9. The van der Waals surface area contributed by atoms with Crippen molar-refractivity contribution in [1.82, 2.24) is 0 Å². The van der Waals surface area contributed by atoms with Gasteiger partial charge in [-0.25, -0.2) is 6.17 Å². The van der Waals surface area contributed by atoms with Crippen LogP contribution in [-0.4, -0.2) is 29.3 Å². The van der Waals surface area contributed by atoms with Gasteiger partial charge in [-0.05, 0) is 0 Å². The largest absolute Gasteiger partial charge is 0.676 e. The molecule has 0 aromatic rings. The molecule has 0 aromatic carbocycles. The maximum Gasteiger partial charge on any atom is -0.0684 e. The molecule has 172 valence electrons. The van der Waals surface area contributed by atoms with Gasteiger partial charge in [0, 0.05) is 0 Å². The summed E-state index contributed by atoms with van der Waals surface area (Å²) in [6.45, 7) is 29.9. The zero-order valence-electron chi connectivity index (χ0n) is 21.6. The van der Waals surface area contributed by atoms with Crippen molar-refractivity contribution in [3.8, 4) is 0 Å². The molecule has 0 saturated heterocycles. The van der Waals surface area contributed by atoms with Crippen molar-refractivity contribution < 1.29 is 18.2 Å². The first-order valence-corrected chi connectivity index (χ1v) is 12.7. The monoisotopic (exact) mass is 481 g/mol. The fourth-order valence-electron chi connectivity index (χ4n) is 1.31. The molecular weight excluding hydrogens is 428 g/mol. The SMILES string of the molecule is CCC(C)(C)[N]=[Mo]=[N]C(C)(C)CC.CCC([N-]C(C)C)[N-]C(C)C.C[C-](C)C. The van der Waals surface area contributed by atoms with Crippen molar-refractivity contribution in [2.24, 2.45) is 6.99 Å². The summed E-state index contributed by atoms with van der Waals surface area (Å²) in [5.74, 6) is 1.42. The van der Waals surface area contributed by atoms with Crippen LogP contribution in [0.1, 0.15) is 116 Å². The Morgan fingerprint density at radius 2 is 1.04 bits per heavy atom. The van der Waals surface area contributed by atoms with Gasteiger partial charge in [-0.3, -0.25) is 0 Å². The Balaban J connectivity index is -0.000000378. The minimum atomic E-state index is -0.492. The molecule has 0 aliphatic heterocycles. The number of nitrogens with zero attached hydrogens (tertiary/aromatic N) is 4. The first kappa shape index (κ1) is 32.9.